The normalized spacial score (nSPS) is 17.2. The second-order valence-corrected chi connectivity index (χ2v) is 5.80. The molecule has 0 bridgehead atoms. The Hall–Kier alpha value is -1.95. The van der Waals surface area contributed by atoms with E-state index < -0.39 is 16.8 Å². The maximum absolute atomic E-state index is 12.0. The Labute approximate surface area is 112 Å². The van der Waals surface area contributed by atoms with E-state index in [1.54, 1.807) is 31.3 Å². The molecule has 1 aliphatic heterocycles. The lowest BCUT2D eigenvalue weighted by Crippen LogP contribution is -2.12. The van der Waals surface area contributed by atoms with Gasteiger partial charge in [0.15, 0.2) is 0 Å². The van der Waals surface area contributed by atoms with Crippen LogP contribution in [-0.4, -0.2) is 20.0 Å². The van der Waals surface area contributed by atoms with Crippen molar-refractivity contribution >= 4 is 16.8 Å². The van der Waals surface area contributed by atoms with Crippen LogP contribution in [0.2, 0.25) is 0 Å². The Balaban J connectivity index is 1.89. The zero-order valence-corrected chi connectivity index (χ0v) is 11.1. The van der Waals surface area contributed by atoms with E-state index in [1.807, 2.05) is 6.07 Å². The lowest BCUT2D eigenvalue weighted by atomic mass is 10.2. The molecule has 0 aliphatic carbocycles. The third kappa shape index (κ3) is 2.19. The monoisotopic (exact) mass is 276 g/mol. The van der Waals surface area contributed by atoms with Crippen LogP contribution in [-0.2, 0) is 29.4 Å². The quantitative estimate of drug-likeness (QED) is 0.778. The summed E-state index contributed by atoms with van der Waals surface area (Å²) < 4.78 is 18.4. The number of aryl methyl sites for hydroxylation is 1. The van der Waals surface area contributed by atoms with Gasteiger partial charge in [0.2, 0.25) is 5.88 Å². The zero-order chi connectivity index (χ0) is 13.4. The molecule has 1 unspecified atom stereocenters. The van der Waals surface area contributed by atoms with Gasteiger partial charge in [-0.2, -0.15) is 5.10 Å². The highest BCUT2D eigenvalue weighted by Gasteiger charge is 2.28. The van der Waals surface area contributed by atoms with E-state index in [4.69, 9.17) is 4.74 Å². The number of carbonyl (C=O) groups is 1. The predicted molar refractivity (Wildman–Crippen MR) is 70.2 cm³/mol. The molecule has 1 aliphatic rings. The molecule has 3 rings (SSSR count). The first-order valence-corrected chi connectivity index (χ1v) is 7.31. The summed E-state index contributed by atoms with van der Waals surface area (Å²) in [6, 6.07) is 8.77. The first kappa shape index (κ1) is 12.1. The maximum Gasteiger partial charge on any atom is 0.344 e. The van der Waals surface area contributed by atoms with Crippen molar-refractivity contribution in [3.63, 3.8) is 0 Å². The number of fused-ring (bicyclic) bond motifs is 1. The van der Waals surface area contributed by atoms with Crippen molar-refractivity contribution in [1.29, 1.82) is 0 Å². The van der Waals surface area contributed by atoms with Crippen molar-refractivity contribution in [1.82, 2.24) is 9.78 Å². The number of ether oxygens (including phenoxy) is 1. The van der Waals surface area contributed by atoms with Crippen LogP contribution in [0.4, 0.5) is 0 Å². The third-order valence-corrected chi connectivity index (χ3v) is 4.18. The minimum Gasteiger partial charge on any atom is -0.404 e. The molecule has 0 saturated heterocycles. The van der Waals surface area contributed by atoms with E-state index in [0.29, 0.717) is 22.9 Å². The highest BCUT2D eigenvalue weighted by molar-refractivity contribution is 7.83. The Morgan fingerprint density at radius 1 is 1.32 bits per heavy atom. The average Bonchev–Trinajstić information content (AvgIpc) is 2.88. The number of nitrogens with zero attached hydrogens (tertiary/aromatic N) is 2. The molecule has 0 saturated carbocycles. The summed E-state index contributed by atoms with van der Waals surface area (Å²) in [5.41, 5.74) is 2.03. The van der Waals surface area contributed by atoms with Crippen LogP contribution in [0.5, 0.6) is 5.88 Å². The van der Waals surface area contributed by atoms with E-state index in [-0.39, 0.29) is 0 Å². The van der Waals surface area contributed by atoms with E-state index in [1.165, 1.54) is 4.68 Å². The van der Waals surface area contributed by atoms with Gasteiger partial charge in [0.25, 0.3) is 0 Å². The third-order valence-electron chi connectivity index (χ3n) is 2.97. The van der Waals surface area contributed by atoms with Gasteiger partial charge in [-0.05, 0) is 12.1 Å². The number of hydrogen-bond acceptors (Lipinski definition) is 4. The van der Waals surface area contributed by atoms with Crippen molar-refractivity contribution in [3.05, 3.63) is 47.2 Å². The summed E-state index contributed by atoms with van der Waals surface area (Å²) in [4.78, 5) is 12.0. The Morgan fingerprint density at radius 2 is 2.05 bits per heavy atom. The minimum atomic E-state index is -0.933. The van der Waals surface area contributed by atoms with Gasteiger partial charge in [-0.3, -0.25) is 4.21 Å². The second kappa shape index (κ2) is 4.62. The fraction of sp³-hybridized carbons (Fsp3) is 0.231. The van der Waals surface area contributed by atoms with E-state index in [9.17, 15) is 9.00 Å². The molecule has 1 aromatic heterocycles. The molecule has 5 nitrogen and oxygen atoms in total. The van der Waals surface area contributed by atoms with Crippen LogP contribution in [0.15, 0.2) is 30.3 Å². The smallest absolute Gasteiger partial charge is 0.344 e. The number of benzene rings is 1. The predicted octanol–water partition coefficient (Wildman–Crippen LogP) is 1.40. The molecule has 0 radical (unpaired) electrons. The Bertz CT molecular complexity index is 664. The largest absolute Gasteiger partial charge is 0.404 e. The van der Waals surface area contributed by atoms with E-state index in [2.05, 4.69) is 5.10 Å². The highest BCUT2D eigenvalue weighted by Crippen LogP contribution is 2.30. The topological polar surface area (TPSA) is 61.2 Å². The molecule has 1 aromatic carbocycles. The van der Waals surface area contributed by atoms with Crippen molar-refractivity contribution in [3.8, 4) is 5.88 Å². The van der Waals surface area contributed by atoms with Gasteiger partial charge < -0.3 is 4.74 Å². The van der Waals surface area contributed by atoms with Gasteiger partial charge in [-0.25, -0.2) is 9.48 Å². The molecule has 0 fully saturated rings. The molecule has 0 N–H and O–H groups in total. The molecular weight excluding hydrogens is 264 g/mol. The second-order valence-electron chi connectivity index (χ2n) is 4.34. The lowest BCUT2D eigenvalue weighted by molar-refractivity contribution is 0.0718. The van der Waals surface area contributed by atoms with Crippen molar-refractivity contribution in [2.75, 3.05) is 0 Å². The molecule has 1 atom stereocenters. The van der Waals surface area contributed by atoms with Gasteiger partial charge in [-0.1, -0.05) is 18.2 Å². The Kier molecular flexibility index (Phi) is 2.94. The summed E-state index contributed by atoms with van der Waals surface area (Å²) in [5, 5.41) is 4.23. The van der Waals surface area contributed by atoms with E-state index >= 15 is 0 Å². The maximum atomic E-state index is 12.0. The van der Waals surface area contributed by atoms with Crippen molar-refractivity contribution in [2.24, 2.45) is 7.05 Å². The molecule has 0 amide bonds. The summed E-state index contributed by atoms with van der Waals surface area (Å²) >= 11 is 0. The van der Waals surface area contributed by atoms with Crippen LogP contribution in [0.1, 0.15) is 21.6 Å². The molecule has 6 heteroatoms. The lowest BCUT2D eigenvalue weighted by Gasteiger charge is -2.06. The van der Waals surface area contributed by atoms with E-state index in [0.717, 1.165) is 11.3 Å². The van der Waals surface area contributed by atoms with Crippen LogP contribution in [0, 0.1) is 0 Å². The van der Waals surface area contributed by atoms with Gasteiger partial charge >= 0.3 is 5.97 Å². The van der Waals surface area contributed by atoms with Crippen LogP contribution in [0.25, 0.3) is 0 Å². The number of aromatic nitrogens is 2. The number of rotatable bonds is 2. The van der Waals surface area contributed by atoms with Crippen LogP contribution in [0.3, 0.4) is 0 Å². The van der Waals surface area contributed by atoms with Crippen molar-refractivity contribution < 1.29 is 13.7 Å². The van der Waals surface area contributed by atoms with Gasteiger partial charge in [-0.15, -0.1) is 0 Å². The molecule has 2 heterocycles. The van der Waals surface area contributed by atoms with Crippen LogP contribution < -0.4 is 4.74 Å². The number of esters is 1. The zero-order valence-electron chi connectivity index (χ0n) is 10.3. The van der Waals surface area contributed by atoms with Gasteiger partial charge in [0.1, 0.15) is 0 Å². The van der Waals surface area contributed by atoms with Crippen molar-refractivity contribution in [2.45, 2.75) is 11.5 Å². The molecule has 0 spiro atoms. The first-order valence-electron chi connectivity index (χ1n) is 5.82. The standard InChI is InChI=1S/C13H12N2O3S/c1-15-12(10-7-19(17)8-11(10)14-15)18-13(16)9-5-3-2-4-6-9/h2-6H,7-8H2,1H3. The summed E-state index contributed by atoms with van der Waals surface area (Å²) in [6.07, 6.45) is 0. The summed E-state index contributed by atoms with van der Waals surface area (Å²) in [7, 11) is 0.784. The molecular formula is C13H12N2O3S. The molecule has 19 heavy (non-hydrogen) atoms. The first-order chi connectivity index (χ1) is 9.15. The molecule has 98 valence electrons. The fourth-order valence-corrected chi connectivity index (χ4v) is 3.33. The Morgan fingerprint density at radius 3 is 2.79 bits per heavy atom. The number of carbonyl (C=O) groups excluding carboxylic acids is 1. The summed E-state index contributed by atoms with van der Waals surface area (Å²) in [6.45, 7) is 0. The SMILES string of the molecule is Cn1nc2c(c1OC(=O)c1ccccc1)CS(=O)C2. The minimum absolute atomic E-state index is 0.398. The number of hydrogen-bond donors (Lipinski definition) is 0. The summed E-state index contributed by atoms with van der Waals surface area (Å²) in [5.74, 6) is 0.811. The molecule has 2 aromatic rings. The van der Waals surface area contributed by atoms with Gasteiger partial charge in [0, 0.05) is 17.8 Å². The highest BCUT2D eigenvalue weighted by atomic mass is 32.2. The average molecular weight is 276 g/mol. The fourth-order valence-electron chi connectivity index (χ4n) is 2.08. The van der Waals surface area contributed by atoms with Crippen LogP contribution >= 0.6 is 0 Å². The van der Waals surface area contributed by atoms with Gasteiger partial charge in [0.05, 0.1) is 28.3 Å².